The van der Waals surface area contributed by atoms with Crippen LogP contribution in [-0.4, -0.2) is 18.6 Å². The standard InChI is InChI=1S/C17H18N2O2/c1-2-21-16-10-6-5-9-14(16)19-17(20)15-11-12-7-3-4-8-13(12)18-15/h3-10,15,18H,2,11H2,1H3,(H,19,20). The van der Waals surface area contributed by atoms with Gasteiger partial charge < -0.3 is 15.4 Å². The van der Waals surface area contributed by atoms with Gasteiger partial charge in [-0.2, -0.15) is 0 Å². The second-order valence-corrected chi connectivity index (χ2v) is 4.98. The molecule has 1 heterocycles. The van der Waals surface area contributed by atoms with E-state index in [2.05, 4.69) is 10.6 Å². The summed E-state index contributed by atoms with van der Waals surface area (Å²) < 4.78 is 5.53. The van der Waals surface area contributed by atoms with Gasteiger partial charge in [0.2, 0.25) is 5.91 Å². The van der Waals surface area contributed by atoms with Crippen molar-refractivity contribution in [1.82, 2.24) is 0 Å². The van der Waals surface area contributed by atoms with Crippen molar-refractivity contribution in [3.63, 3.8) is 0 Å². The molecule has 108 valence electrons. The number of amides is 1. The van der Waals surface area contributed by atoms with E-state index < -0.39 is 0 Å². The number of hydrogen-bond acceptors (Lipinski definition) is 3. The summed E-state index contributed by atoms with van der Waals surface area (Å²) in [5, 5.41) is 6.20. The van der Waals surface area contributed by atoms with E-state index in [4.69, 9.17) is 4.74 Å². The Labute approximate surface area is 124 Å². The Balaban J connectivity index is 1.71. The van der Waals surface area contributed by atoms with Gasteiger partial charge in [0, 0.05) is 12.1 Å². The molecule has 2 N–H and O–H groups in total. The predicted octanol–water partition coefficient (Wildman–Crippen LogP) is 3.06. The molecule has 0 saturated carbocycles. The van der Waals surface area contributed by atoms with Crippen molar-refractivity contribution in [1.29, 1.82) is 0 Å². The van der Waals surface area contributed by atoms with E-state index in [1.54, 1.807) is 0 Å². The van der Waals surface area contributed by atoms with Crippen molar-refractivity contribution in [3.05, 3.63) is 54.1 Å². The zero-order chi connectivity index (χ0) is 14.7. The second-order valence-electron chi connectivity index (χ2n) is 4.98. The third-order valence-corrected chi connectivity index (χ3v) is 3.53. The molecular weight excluding hydrogens is 264 g/mol. The molecule has 4 heteroatoms. The third-order valence-electron chi connectivity index (χ3n) is 3.53. The maximum atomic E-state index is 12.4. The average Bonchev–Trinajstić information content (AvgIpc) is 2.93. The molecule has 1 aliphatic rings. The highest BCUT2D eigenvalue weighted by Crippen LogP contribution is 2.28. The Morgan fingerprint density at radius 3 is 2.81 bits per heavy atom. The number of benzene rings is 2. The van der Waals surface area contributed by atoms with Gasteiger partial charge in [-0.05, 0) is 30.7 Å². The molecule has 0 spiro atoms. The molecule has 1 aliphatic heterocycles. The van der Waals surface area contributed by atoms with Gasteiger partial charge in [0.15, 0.2) is 0 Å². The summed E-state index contributed by atoms with van der Waals surface area (Å²) in [5.74, 6) is 0.655. The maximum absolute atomic E-state index is 12.4. The van der Waals surface area contributed by atoms with Gasteiger partial charge in [0.1, 0.15) is 11.8 Å². The molecule has 3 rings (SSSR count). The van der Waals surface area contributed by atoms with Gasteiger partial charge in [-0.1, -0.05) is 30.3 Å². The Morgan fingerprint density at radius 1 is 1.24 bits per heavy atom. The molecule has 0 bridgehead atoms. The molecule has 1 amide bonds. The first-order valence-electron chi connectivity index (χ1n) is 7.15. The van der Waals surface area contributed by atoms with Crippen LogP contribution in [0.15, 0.2) is 48.5 Å². The molecule has 0 aromatic heterocycles. The van der Waals surface area contributed by atoms with E-state index >= 15 is 0 Å². The minimum Gasteiger partial charge on any atom is -0.492 e. The Bertz CT molecular complexity index is 630. The van der Waals surface area contributed by atoms with Crippen molar-refractivity contribution in [2.45, 2.75) is 19.4 Å². The van der Waals surface area contributed by atoms with E-state index in [0.717, 1.165) is 5.69 Å². The average molecular weight is 282 g/mol. The molecule has 21 heavy (non-hydrogen) atoms. The van der Waals surface area contributed by atoms with Crippen molar-refractivity contribution in [2.24, 2.45) is 0 Å². The number of nitrogens with one attached hydrogen (secondary N) is 2. The van der Waals surface area contributed by atoms with E-state index in [-0.39, 0.29) is 11.9 Å². The fourth-order valence-corrected chi connectivity index (χ4v) is 2.53. The summed E-state index contributed by atoms with van der Waals surface area (Å²) >= 11 is 0. The maximum Gasteiger partial charge on any atom is 0.247 e. The number of carbonyl (C=O) groups is 1. The van der Waals surface area contributed by atoms with Crippen LogP contribution in [0.3, 0.4) is 0 Å². The lowest BCUT2D eigenvalue weighted by atomic mass is 10.1. The van der Waals surface area contributed by atoms with Gasteiger partial charge in [-0.15, -0.1) is 0 Å². The van der Waals surface area contributed by atoms with E-state index in [9.17, 15) is 4.79 Å². The molecule has 2 aromatic rings. The fourth-order valence-electron chi connectivity index (χ4n) is 2.53. The predicted molar refractivity (Wildman–Crippen MR) is 83.8 cm³/mol. The third kappa shape index (κ3) is 2.84. The number of hydrogen-bond donors (Lipinski definition) is 2. The quantitative estimate of drug-likeness (QED) is 0.906. The molecule has 0 radical (unpaired) electrons. The Kier molecular flexibility index (Phi) is 3.77. The zero-order valence-corrected chi connectivity index (χ0v) is 11.9. The summed E-state index contributed by atoms with van der Waals surface area (Å²) in [6.07, 6.45) is 0.707. The monoisotopic (exact) mass is 282 g/mol. The van der Waals surface area contributed by atoms with Gasteiger partial charge >= 0.3 is 0 Å². The van der Waals surface area contributed by atoms with Crippen molar-refractivity contribution >= 4 is 17.3 Å². The van der Waals surface area contributed by atoms with Crippen molar-refractivity contribution in [2.75, 3.05) is 17.2 Å². The second kappa shape index (κ2) is 5.87. The number of fused-ring (bicyclic) bond motifs is 1. The van der Waals surface area contributed by atoms with E-state index in [0.29, 0.717) is 24.5 Å². The van der Waals surface area contributed by atoms with Gasteiger partial charge in [0.05, 0.1) is 12.3 Å². The normalized spacial score (nSPS) is 16.0. The molecule has 2 aromatic carbocycles. The van der Waals surface area contributed by atoms with Gasteiger partial charge in [-0.25, -0.2) is 0 Å². The highest BCUT2D eigenvalue weighted by Gasteiger charge is 2.26. The fraction of sp³-hybridized carbons (Fsp3) is 0.235. The van der Waals surface area contributed by atoms with Crippen LogP contribution in [0.1, 0.15) is 12.5 Å². The number of carbonyl (C=O) groups excluding carboxylic acids is 1. The summed E-state index contributed by atoms with van der Waals surface area (Å²) in [4.78, 5) is 12.4. The smallest absolute Gasteiger partial charge is 0.247 e. The SMILES string of the molecule is CCOc1ccccc1NC(=O)C1Cc2ccccc2N1. The van der Waals surface area contributed by atoms with E-state index in [1.807, 2.05) is 55.5 Å². The first-order valence-corrected chi connectivity index (χ1v) is 7.15. The highest BCUT2D eigenvalue weighted by molar-refractivity contribution is 5.99. The largest absolute Gasteiger partial charge is 0.492 e. The lowest BCUT2D eigenvalue weighted by Crippen LogP contribution is -2.32. The minimum atomic E-state index is -0.239. The van der Waals surface area contributed by atoms with Crippen LogP contribution < -0.4 is 15.4 Å². The number of ether oxygens (including phenoxy) is 1. The Morgan fingerprint density at radius 2 is 2.00 bits per heavy atom. The van der Waals surface area contributed by atoms with Gasteiger partial charge in [-0.3, -0.25) is 4.79 Å². The number of para-hydroxylation sites is 3. The molecule has 0 saturated heterocycles. The van der Waals surface area contributed by atoms with Gasteiger partial charge in [0.25, 0.3) is 0 Å². The summed E-state index contributed by atoms with van der Waals surface area (Å²) in [6, 6.07) is 15.2. The van der Waals surface area contributed by atoms with E-state index in [1.165, 1.54) is 5.56 Å². The Hall–Kier alpha value is -2.49. The lowest BCUT2D eigenvalue weighted by molar-refractivity contribution is -0.116. The first-order chi connectivity index (χ1) is 10.3. The van der Waals surface area contributed by atoms with Crippen LogP contribution in [-0.2, 0) is 11.2 Å². The van der Waals surface area contributed by atoms with Crippen LogP contribution in [0, 0.1) is 0 Å². The first kappa shape index (κ1) is 13.5. The molecule has 1 unspecified atom stereocenters. The molecule has 0 fully saturated rings. The lowest BCUT2D eigenvalue weighted by Gasteiger charge is -2.14. The zero-order valence-electron chi connectivity index (χ0n) is 11.9. The van der Waals surface area contributed by atoms with Crippen LogP contribution in [0.4, 0.5) is 11.4 Å². The summed E-state index contributed by atoms with van der Waals surface area (Å²) in [5.41, 5.74) is 2.92. The molecule has 1 atom stereocenters. The molecule has 0 aliphatic carbocycles. The molecule has 4 nitrogen and oxygen atoms in total. The minimum absolute atomic E-state index is 0.0432. The molecular formula is C17H18N2O2. The number of anilines is 2. The van der Waals surface area contributed by atoms with Crippen LogP contribution >= 0.6 is 0 Å². The highest BCUT2D eigenvalue weighted by atomic mass is 16.5. The van der Waals surface area contributed by atoms with Crippen LogP contribution in [0.25, 0.3) is 0 Å². The summed E-state index contributed by atoms with van der Waals surface area (Å²) in [6.45, 7) is 2.49. The summed E-state index contributed by atoms with van der Waals surface area (Å²) in [7, 11) is 0. The van der Waals surface area contributed by atoms with Crippen molar-refractivity contribution < 1.29 is 9.53 Å². The number of rotatable bonds is 4. The van der Waals surface area contributed by atoms with Crippen molar-refractivity contribution in [3.8, 4) is 5.75 Å². The topological polar surface area (TPSA) is 50.4 Å². The van der Waals surface area contributed by atoms with Crippen LogP contribution in [0.2, 0.25) is 0 Å². The van der Waals surface area contributed by atoms with Crippen LogP contribution in [0.5, 0.6) is 5.75 Å².